The van der Waals surface area contributed by atoms with Gasteiger partial charge in [0.25, 0.3) is 0 Å². The van der Waals surface area contributed by atoms with Crippen molar-refractivity contribution >= 4 is 0 Å². The largest absolute Gasteiger partial charge is 0.493 e. The molecule has 0 amide bonds. The Hall–Kier alpha value is -1.76. The zero-order valence-corrected chi connectivity index (χ0v) is 14.3. The molecular weight excluding hydrogens is 268 g/mol. The second-order valence-electron chi connectivity index (χ2n) is 7.36. The van der Waals surface area contributed by atoms with Gasteiger partial charge in [-0.1, -0.05) is 70.2 Å². The number of benzene rings is 2. The lowest BCUT2D eigenvalue weighted by molar-refractivity contribution is 0.179. The van der Waals surface area contributed by atoms with Gasteiger partial charge >= 0.3 is 0 Å². The summed E-state index contributed by atoms with van der Waals surface area (Å²) in [6.45, 7) is 9.73. The van der Waals surface area contributed by atoms with Crippen molar-refractivity contribution < 1.29 is 4.74 Å². The third kappa shape index (κ3) is 5.55. The van der Waals surface area contributed by atoms with E-state index in [1.165, 1.54) is 11.1 Å². The van der Waals surface area contributed by atoms with Crippen LogP contribution in [0.5, 0.6) is 5.75 Å². The normalized spacial score (nSPS) is 11.7. The summed E-state index contributed by atoms with van der Waals surface area (Å²) in [7, 11) is 0. The predicted octanol–water partition coefficient (Wildman–Crippen LogP) is 5.53. The van der Waals surface area contributed by atoms with E-state index in [0.717, 1.165) is 25.2 Å². The number of ether oxygens (including phenoxy) is 1. The topological polar surface area (TPSA) is 9.23 Å². The molecule has 0 fully saturated rings. The molecule has 0 aromatic heterocycles. The van der Waals surface area contributed by atoms with Gasteiger partial charge in [0.15, 0.2) is 0 Å². The van der Waals surface area contributed by atoms with Crippen LogP contribution in [0.25, 0.3) is 0 Å². The van der Waals surface area contributed by atoms with Gasteiger partial charge in [-0.05, 0) is 42.0 Å². The third-order valence-corrected chi connectivity index (χ3v) is 3.72. The maximum absolute atomic E-state index is 6.00. The van der Waals surface area contributed by atoms with Gasteiger partial charge in [0.1, 0.15) is 5.75 Å². The van der Waals surface area contributed by atoms with Crippen molar-refractivity contribution in [2.45, 2.75) is 40.5 Å². The average molecular weight is 296 g/mol. The lowest BCUT2D eigenvalue weighted by atomic mass is 9.87. The van der Waals surface area contributed by atoms with Gasteiger partial charge in [-0.25, -0.2) is 0 Å². The Morgan fingerprint density at radius 1 is 0.864 bits per heavy atom. The van der Waals surface area contributed by atoms with E-state index in [2.05, 4.69) is 82.3 Å². The van der Waals surface area contributed by atoms with Crippen LogP contribution in [0.1, 0.15) is 38.8 Å². The monoisotopic (exact) mass is 296 g/mol. The first kappa shape index (κ1) is 16.6. The minimum atomic E-state index is 0.123. The minimum absolute atomic E-state index is 0.123. The average Bonchev–Trinajstić information content (AvgIpc) is 2.47. The molecule has 0 heterocycles. The Kier molecular flexibility index (Phi) is 5.65. The zero-order chi connectivity index (χ0) is 16.0. The van der Waals surface area contributed by atoms with Crippen LogP contribution in [-0.4, -0.2) is 6.61 Å². The van der Waals surface area contributed by atoms with Crippen LogP contribution in [0.4, 0.5) is 0 Å². The number of rotatable bonds is 7. The molecule has 2 rings (SSSR count). The van der Waals surface area contributed by atoms with Gasteiger partial charge in [0.05, 0.1) is 6.61 Å². The highest BCUT2D eigenvalue weighted by Crippen LogP contribution is 2.24. The molecule has 0 aliphatic carbocycles. The molecular formula is C21H28O. The van der Waals surface area contributed by atoms with E-state index in [9.17, 15) is 0 Å². The molecule has 0 saturated carbocycles. The summed E-state index contributed by atoms with van der Waals surface area (Å²) in [5, 5.41) is 0. The molecule has 0 aliphatic rings. The van der Waals surface area contributed by atoms with Crippen molar-refractivity contribution in [3.63, 3.8) is 0 Å². The molecule has 0 spiro atoms. The zero-order valence-electron chi connectivity index (χ0n) is 14.3. The molecule has 0 unspecified atom stereocenters. The Morgan fingerprint density at radius 2 is 1.50 bits per heavy atom. The van der Waals surface area contributed by atoms with Crippen LogP contribution >= 0.6 is 0 Å². The lowest BCUT2D eigenvalue weighted by Crippen LogP contribution is -2.24. The van der Waals surface area contributed by atoms with Crippen molar-refractivity contribution in [1.82, 2.24) is 0 Å². The van der Waals surface area contributed by atoms with Crippen LogP contribution in [0, 0.1) is 11.3 Å². The fourth-order valence-electron chi connectivity index (χ4n) is 2.67. The Morgan fingerprint density at radius 3 is 2.09 bits per heavy atom. The van der Waals surface area contributed by atoms with Crippen molar-refractivity contribution in [2.75, 3.05) is 6.61 Å². The van der Waals surface area contributed by atoms with E-state index in [1.807, 2.05) is 0 Å². The van der Waals surface area contributed by atoms with Gasteiger partial charge in [-0.15, -0.1) is 0 Å². The Balaban J connectivity index is 1.88. The van der Waals surface area contributed by atoms with E-state index in [1.54, 1.807) is 0 Å². The molecule has 2 aromatic carbocycles. The van der Waals surface area contributed by atoms with E-state index < -0.39 is 0 Å². The summed E-state index contributed by atoms with van der Waals surface area (Å²) in [5.74, 6) is 1.66. The third-order valence-electron chi connectivity index (χ3n) is 3.72. The first-order valence-electron chi connectivity index (χ1n) is 8.20. The van der Waals surface area contributed by atoms with Crippen LogP contribution in [0.2, 0.25) is 0 Å². The van der Waals surface area contributed by atoms with Crippen LogP contribution in [-0.2, 0) is 12.8 Å². The van der Waals surface area contributed by atoms with Crippen LogP contribution in [0.15, 0.2) is 54.6 Å². The second kappa shape index (κ2) is 7.49. The highest BCUT2D eigenvalue weighted by Gasteiger charge is 2.19. The second-order valence-corrected chi connectivity index (χ2v) is 7.36. The molecule has 0 aliphatic heterocycles. The van der Waals surface area contributed by atoms with Crippen molar-refractivity contribution in [1.29, 1.82) is 0 Å². The van der Waals surface area contributed by atoms with Crippen LogP contribution < -0.4 is 4.74 Å². The van der Waals surface area contributed by atoms with Gasteiger partial charge < -0.3 is 4.74 Å². The van der Waals surface area contributed by atoms with Gasteiger partial charge in [0, 0.05) is 5.41 Å². The molecule has 0 N–H and O–H groups in total. The SMILES string of the molecule is CC(C)Cc1ccc(OCC(C)(C)Cc2ccccc2)cc1. The maximum atomic E-state index is 6.00. The number of hydrogen-bond acceptors (Lipinski definition) is 1. The van der Waals surface area contributed by atoms with E-state index >= 15 is 0 Å². The molecule has 0 radical (unpaired) electrons. The first-order chi connectivity index (χ1) is 10.4. The van der Waals surface area contributed by atoms with Gasteiger partial charge in [-0.2, -0.15) is 0 Å². The highest BCUT2D eigenvalue weighted by molar-refractivity contribution is 5.27. The highest BCUT2D eigenvalue weighted by atomic mass is 16.5. The van der Waals surface area contributed by atoms with E-state index in [-0.39, 0.29) is 5.41 Å². The predicted molar refractivity (Wildman–Crippen MR) is 94.4 cm³/mol. The molecule has 0 saturated heterocycles. The van der Waals surface area contributed by atoms with Crippen molar-refractivity contribution in [2.24, 2.45) is 11.3 Å². The Labute approximate surface area is 135 Å². The first-order valence-corrected chi connectivity index (χ1v) is 8.20. The van der Waals surface area contributed by atoms with E-state index in [0.29, 0.717) is 5.92 Å². The maximum Gasteiger partial charge on any atom is 0.119 e. The number of hydrogen-bond donors (Lipinski definition) is 0. The standard InChI is InChI=1S/C21H28O/c1-17(2)14-18-10-12-20(13-11-18)22-16-21(3,4)15-19-8-6-5-7-9-19/h5-13,17H,14-16H2,1-4H3. The fourth-order valence-corrected chi connectivity index (χ4v) is 2.67. The minimum Gasteiger partial charge on any atom is -0.493 e. The molecule has 118 valence electrons. The van der Waals surface area contributed by atoms with Crippen molar-refractivity contribution in [3.05, 3.63) is 65.7 Å². The molecule has 1 heteroatoms. The molecule has 0 bridgehead atoms. The summed E-state index contributed by atoms with van der Waals surface area (Å²) >= 11 is 0. The summed E-state index contributed by atoms with van der Waals surface area (Å²) in [5.41, 5.74) is 2.87. The summed E-state index contributed by atoms with van der Waals surface area (Å²) in [6, 6.07) is 19.2. The lowest BCUT2D eigenvalue weighted by Gasteiger charge is -2.25. The summed E-state index contributed by atoms with van der Waals surface area (Å²) in [4.78, 5) is 0. The molecule has 1 nitrogen and oxygen atoms in total. The molecule has 2 aromatic rings. The van der Waals surface area contributed by atoms with Crippen LogP contribution in [0.3, 0.4) is 0 Å². The van der Waals surface area contributed by atoms with E-state index in [4.69, 9.17) is 4.74 Å². The molecule has 0 atom stereocenters. The summed E-state index contributed by atoms with van der Waals surface area (Å²) < 4.78 is 6.00. The fraction of sp³-hybridized carbons (Fsp3) is 0.429. The van der Waals surface area contributed by atoms with Gasteiger partial charge in [-0.3, -0.25) is 0 Å². The van der Waals surface area contributed by atoms with Crippen molar-refractivity contribution in [3.8, 4) is 5.75 Å². The molecule has 22 heavy (non-hydrogen) atoms. The van der Waals surface area contributed by atoms with Gasteiger partial charge in [0.2, 0.25) is 0 Å². The Bertz CT molecular complexity index is 552. The quantitative estimate of drug-likeness (QED) is 0.652. The summed E-state index contributed by atoms with van der Waals surface area (Å²) in [6.07, 6.45) is 2.15. The smallest absolute Gasteiger partial charge is 0.119 e.